The summed E-state index contributed by atoms with van der Waals surface area (Å²) < 4.78 is 0. The topological polar surface area (TPSA) is 26.0 Å². The summed E-state index contributed by atoms with van der Waals surface area (Å²) in [7, 11) is -2.79. The predicted octanol–water partition coefficient (Wildman–Crippen LogP) is 4.19. The summed E-state index contributed by atoms with van der Waals surface area (Å²) in [5, 5.41) is 3.01. The van der Waals surface area contributed by atoms with Crippen molar-refractivity contribution >= 4 is 26.5 Å². The molecule has 19 heavy (non-hydrogen) atoms. The van der Waals surface area contributed by atoms with Gasteiger partial charge in [0.05, 0.1) is 16.1 Å². The van der Waals surface area contributed by atoms with Crippen molar-refractivity contribution in [1.29, 1.82) is 0 Å². The minimum Gasteiger partial charge on any atom is -0.402 e. The summed E-state index contributed by atoms with van der Waals surface area (Å²) in [5.41, 5.74) is 8.90. The highest BCUT2D eigenvalue weighted by atomic mass is 28.3. The van der Waals surface area contributed by atoms with Gasteiger partial charge in [-0.1, -0.05) is 75.7 Å². The van der Waals surface area contributed by atoms with Crippen LogP contribution < -0.4 is 10.9 Å². The first-order chi connectivity index (χ1) is 8.59. The van der Waals surface area contributed by atoms with Gasteiger partial charge in [0.1, 0.15) is 0 Å². The monoisotopic (exact) mass is 291 g/mol. The number of hydrogen-bond acceptors (Lipinski definition) is 1. The van der Waals surface area contributed by atoms with Crippen LogP contribution in [0, 0.1) is 0 Å². The Morgan fingerprint density at radius 2 is 1.53 bits per heavy atom. The van der Waals surface area contributed by atoms with Crippen molar-refractivity contribution in [2.45, 2.75) is 52.6 Å². The number of rotatable bonds is 4. The third kappa shape index (κ3) is 3.83. The van der Waals surface area contributed by atoms with Crippen molar-refractivity contribution in [2.24, 2.45) is 5.73 Å². The maximum absolute atomic E-state index is 6.38. The molecule has 0 aliphatic heterocycles. The first kappa shape index (κ1) is 16.2. The van der Waals surface area contributed by atoms with E-state index in [2.05, 4.69) is 70.5 Å². The van der Waals surface area contributed by atoms with Crippen LogP contribution in [0.4, 0.5) is 0 Å². The van der Waals surface area contributed by atoms with Gasteiger partial charge in [0.25, 0.3) is 0 Å². The van der Waals surface area contributed by atoms with Crippen molar-refractivity contribution in [2.75, 3.05) is 0 Å². The number of benzene rings is 1. The molecule has 0 unspecified atom stereocenters. The van der Waals surface area contributed by atoms with Gasteiger partial charge in [0.2, 0.25) is 0 Å². The smallest absolute Gasteiger partial charge is 0.0806 e. The Hall–Kier alpha value is -0.806. The lowest BCUT2D eigenvalue weighted by atomic mass is 10.1. The molecule has 0 aliphatic rings. The Kier molecular flexibility index (Phi) is 4.85. The van der Waals surface area contributed by atoms with Crippen molar-refractivity contribution in [3.05, 3.63) is 35.5 Å². The predicted molar refractivity (Wildman–Crippen MR) is 94.2 cm³/mol. The second kappa shape index (κ2) is 5.67. The minimum atomic E-state index is -1.44. The average Bonchev–Trinajstić information content (AvgIpc) is 2.26. The van der Waals surface area contributed by atoms with Crippen LogP contribution in [-0.4, -0.2) is 16.1 Å². The van der Waals surface area contributed by atoms with Gasteiger partial charge in [-0.3, -0.25) is 0 Å². The molecule has 0 saturated carbocycles. The third-order valence-corrected chi connectivity index (χ3v) is 7.60. The maximum atomic E-state index is 6.38. The first-order valence-electron chi connectivity index (χ1n) is 7.18. The molecule has 1 rings (SSSR count). The molecule has 0 amide bonds. The SMILES string of the molecule is CCC(N)=C(c1ccccc1[Si](C)(C)C)[Si](C)(C)C. The largest absolute Gasteiger partial charge is 0.402 e. The molecule has 0 aromatic heterocycles. The van der Waals surface area contributed by atoms with E-state index in [1.165, 1.54) is 10.8 Å². The first-order valence-corrected chi connectivity index (χ1v) is 14.2. The van der Waals surface area contributed by atoms with Gasteiger partial charge in [0.15, 0.2) is 0 Å². The summed E-state index contributed by atoms with van der Waals surface area (Å²) in [5.74, 6) is 0. The molecular formula is C16H29NSi2. The fourth-order valence-corrected chi connectivity index (χ4v) is 6.49. The lowest BCUT2D eigenvalue weighted by Gasteiger charge is -2.29. The Bertz CT molecular complexity index is 476. The number of hydrogen-bond donors (Lipinski definition) is 1. The molecule has 0 heterocycles. The normalized spacial score (nSPS) is 14.3. The molecule has 0 radical (unpaired) electrons. The lowest BCUT2D eigenvalue weighted by molar-refractivity contribution is 1.08. The summed E-state index contributed by atoms with van der Waals surface area (Å²) in [6.45, 7) is 16.6. The molecule has 0 saturated heterocycles. The molecule has 1 nitrogen and oxygen atoms in total. The van der Waals surface area contributed by atoms with E-state index in [0.29, 0.717) is 0 Å². The average molecular weight is 292 g/mol. The summed E-state index contributed by atoms with van der Waals surface area (Å²) in [6, 6.07) is 8.91. The van der Waals surface area contributed by atoms with Gasteiger partial charge in [-0.2, -0.15) is 0 Å². The fourth-order valence-electron chi connectivity index (χ4n) is 2.59. The molecule has 1 aromatic rings. The van der Waals surface area contributed by atoms with Crippen LogP contribution in [0.5, 0.6) is 0 Å². The van der Waals surface area contributed by atoms with Crippen molar-refractivity contribution in [3.63, 3.8) is 0 Å². The maximum Gasteiger partial charge on any atom is 0.0806 e. The van der Waals surface area contributed by atoms with E-state index in [4.69, 9.17) is 5.73 Å². The van der Waals surface area contributed by atoms with Gasteiger partial charge in [-0.05, 0) is 17.2 Å². The van der Waals surface area contributed by atoms with Crippen LogP contribution in [0.3, 0.4) is 0 Å². The van der Waals surface area contributed by atoms with E-state index < -0.39 is 16.1 Å². The molecule has 2 N–H and O–H groups in total. The standard InChI is InChI=1S/C16H29NSi2/c1-8-14(17)16(19(5,6)7)13-11-9-10-12-15(13)18(2,3)4/h9-12H,8,17H2,1-7H3. The molecule has 0 spiro atoms. The summed E-state index contributed by atoms with van der Waals surface area (Å²) >= 11 is 0. The Labute approximate surface area is 120 Å². The molecule has 3 heteroatoms. The van der Waals surface area contributed by atoms with E-state index >= 15 is 0 Å². The van der Waals surface area contributed by atoms with Crippen LogP contribution in [0.1, 0.15) is 18.9 Å². The minimum absolute atomic E-state index is 0.944. The second-order valence-electron chi connectivity index (χ2n) is 7.30. The van der Waals surface area contributed by atoms with Gasteiger partial charge in [0, 0.05) is 5.70 Å². The highest BCUT2D eigenvalue weighted by molar-refractivity contribution is 6.96. The van der Waals surface area contributed by atoms with Crippen LogP contribution in [-0.2, 0) is 0 Å². The molecule has 0 atom stereocenters. The molecular weight excluding hydrogens is 262 g/mol. The fraction of sp³-hybridized carbons (Fsp3) is 0.500. The number of nitrogens with two attached hydrogens (primary N) is 1. The van der Waals surface area contributed by atoms with E-state index in [1.807, 2.05) is 0 Å². The Morgan fingerprint density at radius 3 is 1.95 bits per heavy atom. The van der Waals surface area contributed by atoms with E-state index in [0.717, 1.165) is 12.1 Å². The molecule has 1 aromatic carbocycles. The molecule has 106 valence electrons. The van der Waals surface area contributed by atoms with Gasteiger partial charge in [-0.25, -0.2) is 0 Å². The third-order valence-electron chi connectivity index (χ3n) is 3.46. The van der Waals surface area contributed by atoms with E-state index in [-0.39, 0.29) is 0 Å². The molecule has 0 fully saturated rings. The zero-order valence-electron chi connectivity index (χ0n) is 13.6. The highest BCUT2D eigenvalue weighted by Crippen LogP contribution is 2.29. The van der Waals surface area contributed by atoms with Gasteiger partial charge >= 0.3 is 0 Å². The summed E-state index contributed by atoms with van der Waals surface area (Å²) in [6.07, 6.45) is 0.944. The van der Waals surface area contributed by atoms with Crippen LogP contribution >= 0.6 is 0 Å². The lowest BCUT2D eigenvalue weighted by Crippen LogP contribution is -2.42. The molecule has 0 bridgehead atoms. The van der Waals surface area contributed by atoms with Crippen molar-refractivity contribution in [3.8, 4) is 0 Å². The molecule has 0 aliphatic carbocycles. The Morgan fingerprint density at radius 1 is 1.00 bits per heavy atom. The second-order valence-corrected chi connectivity index (χ2v) is 17.3. The zero-order chi connectivity index (χ0) is 14.8. The van der Waals surface area contributed by atoms with E-state index in [9.17, 15) is 0 Å². The number of allylic oxidation sites excluding steroid dienone is 1. The van der Waals surface area contributed by atoms with Crippen molar-refractivity contribution < 1.29 is 0 Å². The van der Waals surface area contributed by atoms with Gasteiger partial charge < -0.3 is 5.73 Å². The quantitative estimate of drug-likeness (QED) is 0.827. The van der Waals surface area contributed by atoms with E-state index in [1.54, 1.807) is 5.19 Å². The van der Waals surface area contributed by atoms with Crippen molar-refractivity contribution in [1.82, 2.24) is 0 Å². The van der Waals surface area contributed by atoms with Crippen LogP contribution in [0.15, 0.2) is 30.0 Å². The zero-order valence-corrected chi connectivity index (χ0v) is 15.6. The summed E-state index contributed by atoms with van der Waals surface area (Å²) in [4.78, 5) is 0. The Balaban J connectivity index is 3.59. The highest BCUT2D eigenvalue weighted by Gasteiger charge is 2.28. The van der Waals surface area contributed by atoms with Gasteiger partial charge in [-0.15, -0.1) is 0 Å². The van der Waals surface area contributed by atoms with Crippen LogP contribution in [0.2, 0.25) is 39.3 Å². The van der Waals surface area contributed by atoms with Crippen LogP contribution in [0.25, 0.3) is 5.20 Å².